The maximum Gasteiger partial charge on any atom is 0.252 e. The molecule has 2 aromatic carbocycles. The molecule has 128 valence electrons. The Hall–Kier alpha value is -1.31. The van der Waals surface area contributed by atoms with Crippen molar-refractivity contribution in [3.05, 3.63) is 63.1 Å². The van der Waals surface area contributed by atoms with Crippen molar-refractivity contribution in [3.8, 4) is 0 Å². The SMILES string of the molecule is O=C(NCCNS(=O)(=O)c1ccc(Cl)cc1)c1cc(Cl)ccc1Cl. The fourth-order valence-electron chi connectivity index (χ4n) is 1.83. The molecule has 0 aliphatic rings. The van der Waals surface area contributed by atoms with Gasteiger partial charge >= 0.3 is 0 Å². The fraction of sp³-hybridized carbons (Fsp3) is 0.133. The number of hydrogen-bond acceptors (Lipinski definition) is 3. The summed E-state index contributed by atoms with van der Waals surface area (Å²) in [5.74, 6) is -0.437. The van der Waals surface area contributed by atoms with Gasteiger partial charge in [0.25, 0.3) is 5.91 Å². The first-order chi connectivity index (χ1) is 11.3. The molecule has 2 rings (SSSR count). The van der Waals surface area contributed by atoms with Gasteiger partial charge in [-0.2, -0.15) is 0 Å². The Kier molecular flexibility index (Phi) is 6.48. The van der Waals surface area contributed by atoms with Crippen LogP contribution in [0.4, 0.5) is 0 Å². The normalized spacial score (nSPS) is 11.3. The van der Waals surface area contributed by atoms with Crippen molar-refractivity contribution in [1.29, 1.82) is 0 Å². The number of halogens is 3. The zero-order valence-corrected chi connectivity index (χ0v) is 15.3. The van der Waals surface area contributed by atoms with E-state index in [9.17, 15) is 13.2 Å². The Morgan fingerprint density at radius 2 is 1.54 bits per heavy atom. The molecular weight excluding hydrogens is 395 g/mol. The zero-order valence-electron chi connectivity index (χ0n) is 12.2. The second-order valence-electron chi connectivity index (χ2n) is 4.73. The minimum atomic E-state index is -3.66. The summed E-state index contributed by atoms with van der Waals surface area (Å²) in [5, 5.41) is 3.66. The third-order valence-electron chi connectivity index (χ3n) is 3.00. The molecule has 0 saturated carbocycles. The summed E-state index contributed by atoms with van der Waals surface area (Å²) in [6, 6.07) is 10.3. The minimum Gasteiger partial charge on any atom is -0.351 e. The van der Waals surface area contributed by atoms with Crippen LogP contribution in [-0.4, -0.2) is 27.4 Å². The maximum atomic E-state index is 12.1. The Morgan fingerprint density at radius 1 is 0.917 bits per heavy atom. The highest BCUT2D eigenvalue weighted by atomic mass is 35.5. The van der Waals surface area contributed by atoms with Gasteiger partial charge in [0.05, 0.1) is 15.5 Å². The summed E-state index contributed by atoms with van der Waals surface area (Å²) < 4.78 is 26.5. The number of amides is 1. The Bertz CT molecular complexity index is 840. The number of carbonyl (C=O) groups excluding carboxylic acids is 1. The quantitative estimate of drug-likeness (QED) is 0.721. The first-order valence-electron chi connectivity index (χ1n) is 6.78. The van der Waals surface area contributed by atoms with Crippen molar-refractivity contribution in [1.82, 2.24) is 10.0 Å². The van der Waals surface area contributed by atoms with Crippen LogP contribution >= 0.6 is 34.8 Å². The number of nitrogens with one attached hydrogen (secondary N) is 2. The molecule has 0 fully saturated rings. The summed E-state index contributed by atoms with van der Waals surface area (Å²) in [6.07, 6.45) is 0. The van der Waals surface area contributed by atoms with Crippen LogP contribution in [-0.2, 0) is 10.0 Å². The molecule has 2 N–H and O–H groups in total. The number of hydrogen-bond donors (Lipinski definition) is 2. The van der Waals surface area contributed by atoms with Gasteiger partial charge in [0, 0.05) is 23.1 Å². The highest BCUT2D eigenvalue weighted by molar-refractivity contribution is 7.89. The summed E-state index contributed by atoms with van der Waals surface area (Å²) in [7, 11) is -3.66. The van der Waals surface area contributed by atoms with Gasteiger partial charge in [-0.15, -0.1) is 0 Å². The van der Waals surface area contributed by atoms with Crippen LogP contribution in [0.5, 0.6) is 0 Å². The van der Waals surface area contributed by atoms with Crippen molar-refractivity contribution in [2.45, 2.75) is 4.90 Å². The largest absolute Gasteiger partial charge is 0.351 e. The highest BCUT2D eigenvalue weighted by Crippen LogP contribution is 2.20. The Balaban J connectivity index is 1.89. The van der Waals surface area contributed by atoms with Crippen molar-refractivity contribution < 1.29 is 13.2 Å². The van der Waals surface area contributed by atoms with Crippen LogP contribution in [0.3, 0.4) is 0 Å². The molecule has 0 aliphatic heterocycles. The van der Waals surface area contributed by atoms with Crippen molar-refractivity contribution >= 4 is 50.7 Å². The third kappa shape index (κ3) is 5.09. The van der Waals surface area contributed by atoms with Crippen molar-refractivity contribution in [2.24, 2.45) is 0 Å². The van der Waals surface area contributed by atoms with E-state index in [1.807, 2.05) is 0 Å². The molecule has 0 saturated heterocycles. The van der Waals surface area contributed by atoms with Gasteiger partial charge in [0.2, 0.25) is 10.0 Å². The standard InChI is InChI=1S/C15H13Cl3N2O3S/c16-10-1-4-12(5-2-10)24(22,23)20-8-7-19-15(21)13-9-11(17)3-6-14(13)18/h1-6,9,20H,7-8H2,(H,19,21). The van der Waals surface area contributed by atoms with E-state index in [0.29, 0.717) is 10.0 Å². The van der Waals surface area contributed by atoms with E-state index in [1.54, 1.807) is 6.07 Å². The van der Waals surface area contributed by atoms with Gasteiger partial charge in [0.15, 0.2) is 0 Å². The maximum absolute atomic E-state index is 12.1. The van der Waals surface area contributed by atoms with Crippen LogP contribution in [0.1, 0.15) is 10.4 Å². The van der Waals surface area contributed by atoms with Gasteiger partial charge in [-0.3, -0.25) is 4.79 Å². The molecule has 0 unspecified atom stereocenters. The molecule has 9 heteroatoms. The number of rotatable bonds is 6. The van der Waals surface area contributed by atoms with Gasteiger partial charge in [-0.05, 0) is 42.5 Å². The van der Waals surface area contributed by atoms with Crippen LogP contribution in [0.2, 0.25) is 15.1 Å². The van der Waals surface area contributed by atoms with Crippen LogP contribution in [0, 0.1) is 0 Å². The molecule has 24 heavy (non-hydrogen) atoms. The summed E-state index contributed by atoms with van der Waals surface area (Å²) >= 11 is 17.5. The lowest BCUT2D eigenvalue weighted by Gasteiger charge is -2.09. The number of sulfonamides is 1. The topological polar surface area (TPSA) is 75.3 Å². The van der Waals surface area contributed by atoms with Crippen molar-refractivity contribution in [2.75, 3.05) is 13.1 Å². The molecule has 0 heterocycles. The molecule has 2 aromatic rings. The first kappa shape index (κ1) is 19.0. The molecule has 5 nitrogen and oxygen atoms in total. The Labute approximate surface area is 155 Å². The van der Waals surface area contributed by atoms with Crippen LogP contribution < -0.4 is 10.0 Å². The molecule has 0 radical (unpaired) electrons. The molecule has 0 aromatic heterocycles. The fourth-order valence-corrected chi connectivity index (χ4v) is 3.36. The van der Waals surface area contributed by atoms with Gasteiger partial charge in [0.1, 0.15) is 0 Å². The predicted octanol–water partition coefficient (Wildman–Crippen LogP) is 3.36. The van der Waals surface area contributed by atoms with Gasteiger partial charge in [-0.25, -0.2) is 13.1 Å². The van der Waals surface area contributed by atoms with E-state index in [1.165, 1.54) is 36.4 Å². The minimum absolute atomic E-state index is 0.0227. The average Bonchev–Trinajstić information content (AvgIpc) is 2.54. The number of carbonyl (C=O) groups is 1. The van der Waals surface area contributed by atoms with Gasteiger partial charge < -0.3 is 5.32 Å². The molecule has 0 spiro atoms. The summed E-state index contributed by atoms with van der Waals surface area (Å²) in [5.41, 5.74) is 0.227. The van der Waals surface area contributed by atoms with E-state index in [4.69, 9.17) is 34.8 Å². The van der Waals surface area contributed by atoms with Crippen molar-refractivity contribution in [3.63, 3.8) is 0 Å². The lowest BCUT2D eigenvalue weighted by molar-refractivity contribution is 0.0954. The molecular formula is C15H13Cl3N2O3S. The Morgan fingerprint density at radius 3 is 2.21 bits per heavy atom. The lowest BCUT2D eigenvalue weighted by Crippen LogP contribution is -2.34. The third-order valence-corrected chi connectivity index (χ3v) is 5.29. The molecule has 0 aliphatic carbocycles. The second kappa shape index (κ2) is 8.18. The monoisotopic (exact) mass is 406 g/mol. The molecule has 1 amide bonds. The summed E-state index contributed by atoms with van der Waals surface area (Å²) in [4.78, 5) is 12.1. The van der Waals surface area contributed by atoms with E-state index in [2.05, 4.69) is 10.0 Å². The van der Waals surface area contributed by atoms with Crippen LogP contribution in [0.25, 0.3) is 0 Å². The van der Waals surface area contributed by atoms with Gasteiger partial charge in [-0.1, -0.05) is 34.8 Å². The molecule has 0 bridgehead atoms. The predicted molar refractivity (Wildman–Crippen MR) is 95.4 cm³/mol. The van der Waals surface area contributed by atoms with E-state index in [0.717, 1.165) is 0 Å². The van der Waals surface area contributed by atoms with E-state index < -0.39 is 15.9 Å². The summed E-state index contributed by atoms with van der Waals surface area (Å²) in [6.45, 7) is 0.114. The lowest BCUT2D eigenvalue weighted by atomic mass is 10.2. The first-order valence-corrected chi connectivity index (χ1v) is 9.40. The zero-order chi connectivity index (χ0) is 17.7. The number of benzene rings is 2. The second-order valence-corrected chi connectivity index (χ2v) is 7.78. The average molecular weight is 408 g/mol. The molecule has 0 atom stereocenters. The smallest absolute Gasteiger partial charge is 0.252 e. The highest BCUT2D eigenvalue weighted by Gasteiger charge is 2.14. The van der Waals surface area contributed by atoms with Crippen LogP contribution in [0.15, 0.2) is 47.4 Å². The van der Waals surface area contributed by atoms with E-state index >= 15 is 0 Å². The van der Waals surface area contributed by atoms with E-state index in [-0.39, 0.29) is 28.6 Å².